The van der Waals surface area contributed by atoms with E-state index in [9.17, 15) is 14.7 Å². The minimum Gasteiger partial charge on any atom is -0.548 e. The smallest absolute Gasteiger partial charge is 0.548 e. The van der Waals surface area contributed by atoms with Crippen molar-refractivity contribution < 1.29 is 33.6 Å². The maximum absolute atomic E-state index is 12.0. The van der Waals surface area contributed by atoms with Crippen molar-refractivity contribution >= 4 is 12.0 Å². The molecule has 0 aromatic heterocycles. The maximum atomic E-state index is 12.0. The van der Waals surface area contributed by atoms with Crippen LogP contribution in [0.2, 0.25) is 0 Å². The van der Waals surface area contributed by atoms with Gasteiger partial charge in [0.15, 0.2) is 0 Å². The molecule has 1 aliphatic heterocycles. The van der Waals surface area contributed by atoms with Crippen molar-refractivity contribution in [3.63, 3.8) is 0 Å². The van der Waals surface area contributed by atoms with Crippen molar-refractivity contribution in [3.05, 3.63) is 0 Å². The first-order valence-electron chi connectivity index (χ1n) is 7.26. The van der Waals surface area contributed by atoms with Gasteiger partial charge in [-0.25, -0.2) is 4.79 Å². The molecule has 1 saturated carbocycles. The Morgan fingerprint density at radius 2 is 1.75 bits per heavy atom. The normalized spacial score (nSPS) is 22.1. The molecule has 1 N–H and O–H groups in total. The number of urea groups is 1. The molecule has 0 radical (unpaired) electrons. The average Bonchev–Trinajstić information content (AvgIpc) is 2.99. The Balaban J connectivity index is 0.00000200. The zero-order valence-corrected chi connectivity index (χ0v) is 12.6. The second-order valence-corrected chi connectivity index (χ2v) is 6.24. The predicted molar refractivity (Wildman–Crippen MR) is 69.3 cm³/mol. The number of amides is 2. The van der Waals surface area contributed by atoms with Gasteiger partial charge in [-0.1, -0.05) is 19.8 Å². The van der Waals surface area contributed by atoms with E-state index in [-0.39, 0.29) is 30.3 Å². The van der Waals surface area contributed by atoms with Crippen LogP contribution in [0.4, 0.5) is 4.79 Å². The summed E-state index contributed by atoms with van der Waals surface area (Å²) in [5.41, 5.74) is 0.0308. The van der Waals surface area contributed by atoms with E-state index >= 15 is 0 Å². The number of hydrogen-bond donors (Lipinski definition) is 1. The largest absolute Gasteiger partial charge is 1.00 e. The van der Waals surface area contributed by atoms with E-state index < -0.39 is 12.0 Å². The van der Waals surface area contributed by atoms with Crippen LogP contribution in [0.15, 0.2) is 0 Å². The van der Waals surface area contributed by atoms with Gasteiger partial charge in [0.1, 0.15) is 0 Å². The van der Waals surface area contributed by atoms with Crippen LogP contribution in [0.5, 0.6) is 0 Å². The Hall–Kier alpha value is -0.663. The van der Waals surface area contributed by atoms with Gasteiger partial charge in [-0.15, -0.1) is 0 Å². The van der Waals surface area contributed by atoms with Gasteiger partial charge in [-0.2, -0.15) is 0 Å². The van der Waals surface area contributed by atoms with Gasteiger partial charge >= 0.3 is 24.9 Å². The number of hydrogen-bond acceptors (Lipinski definition) is 3. The summed E-state index contributed by atoms with van der Waals surface area (Å²) >= 11 is 0. The number of carbonyl (C=O) groups is 2. The first kappa shape index (κ1) is 17.4. The third-order valence-corrected chi connectivity index (χ3v) is 4.48. The summed E-state index contributed by atoms with van der Waals surface area (Å²) in [5, 5.41) is 13.9. The van der Waals surface area contributed by atoms with Crippen molar-refractivity contribution in [1.29, 1.82) is 0 Å². The van der Waals surface area contributed by atoms with Crippen LogP contribution in [-0.4, -0.2) is 36.0 Å². The molecule has 0 spiro atoms. The van der Waals surface area contributed by atoms with E-state index in [1.54, 1.807) is 4.90 Å². The third kappa shape index (κ3) is 4.43. The third-order valence-electron chi connectivity index (χ3n) is 4.48. The number of carboxylic acid groups (broad SMARTS) is 1. The standard InChI is InChI=1S/C14H24N2O3.Li/c1-14(6-2-3-7-14)10-11(12(17)18)15-13(19)16-8-4-5-9-16;/h11H,2-10H2,1H3,(H,15,19)(H,17,18);/q;+1/p-1. The van der Waals surface area contributed by atoms with Crippen LogP contribution in [-0.2, 0) is 4.79 Å². The molecule has 1 heterocycles. The van der Waals surface area contributed by atoms with Crippen molar-refractivity contribution in [2.75, 3.05) is 13.1 Å². The van der Waals surface area contributed by atoms with Gasteiger partial charge in [0.25, 0.3) is 0 Å². The van der Waals surface area contributed by atoms with Gasteiger partial charge in [0.2, 0.25) is 0 Å². The molecule has 2 aliphatic rings. The number of nitrogens with zero attached hydrogens (tertiary/aromatic N) is 1. The van der Waals surface area contributed by atoms with Crippen LogP contribution in [0.25, 0.3) is 0 Å². The van der Waals surface area contributed by atoms with E-state index in [1.165, 1.54) is 0 Å². The Morgan fingerprint density at radius 1 is 1.20 bits per heavy atom. The number of carboxylic acids is 1. The summed E-state index contributed by atoms with van der Waals surface area (Å²) in [4.78, 5) is 24.9. The molecule has 1 unspecified atom stereocenters. The average molecular weight is 274 g/mol. The van der Waals surface area contributed by atoms with Crippen molar-refractivity contribution in [3.8, 4) is 0 Å². The molecule has 0 aromatic rings. The molecular formula is C14H23LiN2O3. The summed E-state index contributed by atoms with van der Waals surface area (Å²) in [7, 11) is 0. The monoisotopic (exact) mass is 274 g/mol. The number of nitrogens with one attached hydrogen (secondary N) is 1. The van der Waals surface area contributed by atoms with Crippen LogP contribution in [0, 0.1) is 5.41 Å². The first-order chi connectivity index (χ1) is 9.00. The van der Waals surface area contributed by atoms with Gasteiger partial charge < -0.3 is 20.1 Å². The van der Waals surface area contributed by atoms with Crippen LogP contribution in [0.3, 0.4) is 0 Å². The molecule has 1 atom stereocenters. The maximum Gasteiger partial charge on any atom is 1.00 e. The van der Waals surface area contributed by atoms with E-state index in [0.717, 1.165) is 51.6 Å². The topological polar surface area (TPSA) is 72.5 Å². The van der Waals surface area contributed by atoms with E-state index in [0.29, 0.717) is 6.42 Å². The fraction of sp³-hybridized carbons (Fsp3) is 0.857. The Labute approximate surface area is 132 Å². The molecule has 2 rings (SSSR count). The quantitative estimate of drug-likeness (QED) is 0.596. The number of aliphatic carboxylic acids is 1. The molecule has 1 saturated heterocycles. The van der Waals surface area contributed by atoms with Crippen LogP contribution in [0.1, 0.15) is 51.9 Å². The van der Waals surface area contributed by atoms with Crippen molar-refractivity contribution in [1.82, 2.24) is 10.2 Å². The molecule has 1 aliphatic carbocycles. The molecule has 0 bridgehead atoms. The summed E-state index contributed by atoms with van der Waals surface area (Å²) in [5.74, 6) is -1.17. The first-order valence-corrected chi connectivity index (χ1v) is 7.26. The van der Waals surface area contributed by atoms with Crippen LogP contribution >= 0.6 is 0 Å². The summed E-state index contributed by atoms with van der Waals surface area (Å²) in [6, 6.07) is -1.12. The van der Waals surface area contributed by atoms with Crippen LogP contribution < -0.4 is 29.3 Å². The summed E-state index contributed by atoms with van der Waals surface area (Å²) in [6.07, 6.45) is 6.86. The molecular weight excluding hydrogens is 251 g/mol. The number of carbonyl (C=O) groups excluding carboxylic acids is 2. The van der Waals surface area contributed by atoms with E-state index in [2.05, 4.69) is 12.2 Å². The van der Waals surface area contributed by atoms with Gasteiger partial charge in [0.05, 0.1) is 12.0 Å². The zero-order valence-electron chi connectivity index (χ0n) is 12.6. The molecule has 0 aromatic carbocycles. The van der Waals surface area contributed by atoms with Crippen molar-refractivity contribution in [2.45, 2.75) is 57.9 Å². The van der Waals surface area contributed by atoms with Crippen molar-refractivity contribution in [2.24, 2.45) is 5.41 Å². The fourth-order valence-corrected chi connectivity index (χ4v) is 3.28. The van der Waals surface area contributed by atoms with Gasteiger partial charge in [-0.05, 0) is 37.5 Å². The Bertz CT molecular complexity index is 350. The zero-order chi connectivity index (χ0) is 13.9. The minimum atomic E-state index is -1.17. The predicted octanol–water partition coefficient (Wildman–Crippen LogP) is -2.12. The van der Waals surface area contributed by atoms with E-state index in [1.807, 2.05) is 0 Å². The summed E-state index contributed by atoms with van der Waals surface area (Å²) in [6.45, 7) is 3.56. The molecule has 2 fully saturated rings. The van der Waals surface area contributed by atoms with E-state index in [4.69, 9.17) is 0 Å². The minimum absolute atomic E-state index is 0. The molecule has 5 nitrogen and oxygen atoms in total. The van der Waals surface area contributed by atoms with Gasteiger partial charge in [-0.3, -0.25) is 0 Å². The fourth-order valence-electron chi connectivity index (χ4n) is 3.28. The molecule has 20 heavy (non-hydrogen) atoms. The molecule has 108 valence electrons. The molecule has 6 heteroatoms. The number of likely N-dealkylation sites (tertiary alicyclic amines) is 1. The second kappa shape index (κ2) is 7.38. The SMILES string of the molecule is CC1(CC(NC(=O)N2CCCC2)C(=O)[O-])CCCC1.[Li+]. The Kier molecular flexibility index (Phi) is 6.41. The molecule has 2 amide bonds. The summed E-state index contributed by atoms with van der Waals surface area (Å²) < 4.78 is 0. The number of rotatable bonds is 4. The van der Waals surface area contributed by atoms with Gasteiger partial charge in [0, 0.05) is 13.1 Å². The second-order valence-electron chi connectivity index (χ2n) is 6.24. The Morgan fingerprint density at radius 3 is 2.25 bits per heavy atom.